The number of pyridine rings is 1. The molecule has 1 saturated heterocycles. The number of hydrogen-bond acceptors (Lipinski definition) is 5. The van der Waals surface area contributed by atoms with E-state index in [1.807, 2.05) is 33.8 Å². The smallest absolute Gasteiger partial charge is 0.410 e. The molecule has 0 aliphatic carbocycles. The molecule has 1 amide bonds. The van der Waals surface area contributed by atoms with Crippen molar-refractivity contribution in [1.29, 1.82) is 5.26 Å². The van der Waals surface area contributed by atoms with E-state index in [-0.39, 0.29) is 6.09 Å². The maximum absolute atomic E-state index is 12.0. The van der Waals surface area contributed by atoms with Gasteiger partial charge in [-0.15, -0.1) is 0 Å². The number of aromatic nitrogens is 1. The predicted molar refractivity (Wildman–Crippen MR) is 83.7 cm³/mol. The van der Waals surface area contributed by atoms with E-state index in [1.165, 1.54) is 0 Å². The van der Waals surface area contributed by atoms with Crippen molar-refractivity contribution in [3.8, 4) is 6.07 Å². The van der Waals surface area contributed by atoms with E-state index in [9.17, 15) is 4.79 Å². The number of amides is 1. The summed E-state index contributed by atoms with van der Waals surface area (Å²) in [6.45, 7) is 10.1. The van der Waals surface area contributed by atoms with E-state index >= 15 is 0 Å². The zero-order chi connectivity index (χ0) is 16.3. The van der Waals surface area contributed by atoms with Crippen LogP contribution in [0.25, 0.3) is 0 Å². The number of rotatable bonds is 1. The summed E-state index contributed by atoms with van der Waals surface area (Å²) in [6.07, 6.45) is -0.267. The van der Waals surface area contributed by atoms with Gasteiger partial charge in [-0.1, -0.05) is 0 Å². The van der Waals surface area contributed by atoms with Crippen LogP contribution in [-0.4, -0.2) is 47.8 Å². The first-order chi connectivity index (χ1) is 10.3. The molecule has 0 radical (unpaired) electrons. The molecule has 0 N–H and O–H groups in total. The molecule has 6 nitrogen and oxygen atoms in total. The molecular formula is C16H22N4O2. The number of carbonyl (C=O) groups excluding carboxylic acids is 1. The van der Waals surface area contributed by atoms with E-state index in [4.69, 9.17) is 10.00 Å². The molecule has 1 aromatic heterocycles. The third-order valence-electron chi connectivity index (χ3n) is 3.45. The van der Waals surface area contributed by atoms with Crippen LogP contribution in [0.4, 0.5) is 10.6 Å². The van der Waals surface area contributed by atoms with Crippen LogP contribution < -0.4 is 4.90 Å². The second-order valence-electron chi connectivity index (χ2n) is 6.37. The molecule has 118 valence electrons. The van der Waals surface area contributed by atoms with Gasteiger partial charge >= 0.3 is 6.09 Å². The fraction of sp³-hybridized carbons (Fsp3) is 0.562. The Bertz CT molecular complexity index is 593. The number of ether oxygens (including phenoxy) is 1. The van der Waals surface area contributed by atoms with Crippen LogP contribution >= 0.6 is 0 Å². The molecule has 1 aliphatic heterocycles. The van der Waals surface area contributed by atoms with Crippen LogP contribution in [0.15, 0.2) is 12.1 Å². The van der Waals surface area contributed by atoms with Gasteiger partial charge in [0.1, 0.15) is 17.5 Å². The van der Waals surface area contributed by atoms with E-state index in [0.717, 1.165) is 11.5 Å². The van der Waals surface area contributed by atoms with Crippen LogP contribution in [0.5, 0.6) is 0 Å². The summed E-state index contributed by atoms with van der Waals surface area (Å²) in [7, 11) is 0. The number of hydrogen-bond donors (Lipinski definition) is 0. The molecule has 2 rings (SSSR count). The highest BCUT2D eigenvalue weighted by atomic mass is 16.6. The molecule has 0 bridgehead atoms. The Kier molecular flexibility index (Phi) is 4.55. The van der Waals surface area contributed by atoms with Crippen molar-refractivity contribution in [1.82, 2.24) is 9.88 Å². The lowest BCUT2D eigenvalue weighted by Crippen LogP contribution is -2.50. The fourth-order valence-electron chi connectivity index (χ4n) is 2.29. The van der Waals surface area contributed by atoms with Crippen LogP contribution in [0.2, 0.25) is 0 Å². The maximum Gasteiger partial charge on any atom is 0.410 e. The lowest BCUT2D eigenvalue weighted by atomic mass is 10.2. The van der Waals surface area contributed by atoms with E-state index in [1.54, 1.807) is 11.0 Å². The van der Waals surface area contributed by atoms with Crippen molar-refractivity contribution >= 4 is 11.9 Å². The Morgan fingerprint density at radius 1 is 1.27 bits per heavy atom. The van der Waals surface area contributed by atoms with Crippen molar-refractivity contribution < 1.29 is 9.53 Å². The van der Waals surface area contributed by atoms with Gasteiger partial charge in [0.25, 0.3) is 0 Å². The third-order valence-corrected chi connectivity index (χ3v) is 3.45. The number of carbonyl (C=O) groups is 1. The molecule has 6 heteroatoms. The summed E-state index contributed by atoms with van der Waals surface area (Å²) >= 11 is 0. The molecule has 0 unspecified atom stereocenters. The Labute approximate surface area is 131 Å². The average Bonchev–Trinajstić information content (AvgIpc) is 2.45. The second kappa shape index (κ2) is 6.22. The van der Waals surface area contributed by atoms with Crippen LogP contribution in [0, 0.1) is 18.3 Å². The highest BCUT2D eigenvalue weighted by Crippen LogP contribution is 2.17. The predicted octanol–water partition coefficient (Wildman–Crippen LogP) is 2.32. The highest BCUT2D eigenvalue weighted by Gasteiger charge is 2.26. The maximum atomic E-state index is 12.0. The first kappa shape index (κ1) is 16.1. The van der Waals surface area contributed by atoms with Crippen molar-refractivity contribution in [3.63, 3.8) is 0 Å². The molecule has 0 saturated carbocycles. The highest BCUT2D eigenvalue weighted by molar-refractivity contribution is 5.68. The minimum absolute atomic E-state index is 0.267. The van der Waals surface area contributed by atoms with Crippen molar-refractivity contribution in [3.05, 3.63) is 23.4 Å². The lowest BCUT2D eigenvalue weighted by molar-refractivity contribution is 0.0240. The first-order valence-corrected chi connectivity index (χ1v) is 7.41. The van der Waals surface area contributed by atoms with E-state index in [2.05, 4.69) is 16.0 Å². The van der Waals surface area contributed by atoms with Gasteiger partial charge in [0.05, 0.1) is 11.3 Å². The lowest BCUT2D eigenvalue weighted by Gasteiger charge is -2.36. The quantitative estimate of drug-likeness (QED) is 0.796. The minimum atomic E-state index is -0.472. The monoisotopic (exact) mass is 302 g/mol. The number of anilines is 1. The summed E-state index contributed by atoms with van der Waals surface area (Å²) in [5.74, 6) is 0.848. The summed E-state index contributed by atoms with van der Waals surface area (Å²) in [6, 6.07) is 5.76. The molecule has 0 aromatic carbocycles. The zero-order valence-corrected chi connectivity index (χ0v) is 13.6. The van der Waals surface area contributed by atoms with Gasteiger partial charge in [-0.2, -0.15) is 5.26 Å². The number of piperazine rings is 1. The molecule has 1 aromatic rings. The van der Waals surface area contributed by atoms with Gasteiger partial charge < -0.3 is 14.5 Å². The van der Waals surface area contributed by atoms with Gasteiger partial charge in [-0.05, 0) is 39.8 Å². The van der Waals surface area contributed by atoms with Crippen LogP contribution in [0.3, 0.4) is 0 Å². The largest absolute Gasteiger partial charge is 0.444 e. The van der Waals surface area contributed by atoms with Crippen molar-refractivity contribution in [2.45, 2.75) is 33.3 Å². The fourth-order valence-corrected chi connectivity index (χ4v) is 2.29. The van der Waals surface area contributed by atoms with Crippen molar-refractivity contribution in [2.75, 3.05) is 31.1 Å². The Balaban J connectivity index is 1.96. The summed E-state index contributed by atoms with van der Waals surface area (Å²) < 4.78 is 5.38. The average molecular weight is 302 g/mol. The summed E-state index contributed by atoms with van der Waals surface area (Å²) in [4.78, 5) is 20.3. The van der Waals surface area contributed by atoms with Gasteiger partial charge in [-0.3, -0.25) is 0 Å². The normalized spacial score (nSPS) is 15.4. The standard InChI is InChI=1S/C16H22N4O2/c1-12-13(11-17)5-6-14(18-12)19-7-9-20(10-8-19)15(21)22-16(2,3)4/h5-6H,7-10H2,1-4H3. The van der Waals surface area contributed by atoms with Crippen molar-refractivity contribution in [2.24, 2.45) is 0 Å². The zero-order valence-electron chi connectivity index (χ0n) is 13.6. The second-order valence-corrected chi connectivity index (χ2v) is 6.37. The topological polar surface area (TPSA) is 69.5 Å². The Hall–Kier alpha value is -2.29. The van der Waals surface area contributed by atoms with E-state index < -0.39 is 5.60 Å². The first-order valence-electron chi connectivity index (χ1n) is 7.41. The number of nitriles is 1. The summed E-state index contributed by atoms with van der Waals surface area (Å²) in [5, 5.41) is 8.95. The Morgan fingerprint density at radius 2 is 1.91 bits per heavy atom. The Morgan fingerprint density at radius 3 is 2.41 bits per heavy atom. The van der Waals surface area contributed by atoms with Gasteiger partial charge in [0.2, 0.25) is 0 Å². The van der Waals surface area contributed by atoms with Gasteiger partial charge in [0.15, 0.2) is 0 Å². The molecule has 0 atom stereocenters. The molecule has 2 heterocycles. The third kappa shape index (κ3) is 3.88. The van der Waals surface area contributed by atoms with Crippen LogP contribution in [-0.2, 0) is 4.74 Å². The van der Waals surface area contributed by atoms with Gasteiger partial charge in [0, 0.05) is 26.2 Å². The van der Waals surface area contributed by atoms with E-state index in [0.29, 0.717) is 31.7 Å². The molecule has 1 fully saturated rings. The van der Waals surface area contributed by atoms with Crippen LogP contribution in [0.1, 0.15) is 32.0 Å². The SMILES string of the molecule is Cc1nc(N2CCN(C(=O)OC(C)(C)C)CC2)ccc1C#N. The molecule has 0 spiro atoms. The summed E-state index contributed by atoms with van der Waals surface area (Å²) in [5.41, 5.74) is 0.853. The number of nitrogens with zero attached hydrogens (tertiary/aromatic N) is 4. The minimum Gasteiger partial charge on any atom is -0.444 e. The van der Waals surface area contributed by atoms with Gasteiger partial charge in [-0.25, -0.2) is 9.78 Å². The molecular weight excluding hydrogens is 280 g/mol. The number of aryl methyl sites for hydroxylation is 1. The molecule has 1 aliphatic rings. The molecule has 22 heavy (non-hydrogen) atoms.